The number of hydrogen-bond acceptors (Lipinski definition) is 4. The van der Waals surface area contributed by atoms with Crippen LogP contribution in [-0.4, -0.2) is 30.7 Å². The zero-order valence-electron chi connectivity index (χ0n) is 14.9. The van der Waals surface area contributed by atoms with Crippen molar-refractivity contribution in [2.24, 2.45) is 0 Å². The highest BCUT2D eigenvalue weighted by Crippen LogP contribution is 2.45. The lowest BCUT2D eigenvalue weighted by atomic mass is 9.81. The monoisotopic (exact) mass is 336 g/mol. The third kappa shape index (κ3) is 2.61. The van der Waals surface area contributed by atoms with Gasteiger partial charge in [-0.1, -0.05) is 49.4 Å². The summed E-state index contributed by atoms with van der Waals surface area (Å²) in [6.45, 7) is 5.95. The minimum absolute atomic E-state index is 0.184. The molecular weight excluding hydrogens is 312 g/mol. The van der Waals surface area contributed by atoms with E-state index in [-0.39, 0.29) is 11.5 Å². The average molecular weight is 336 g/mol. The fourth-order valence-corrected chi connectivity index (χ4v) is 4.47. The first kappa shape index (κ1) is 16.2. The van der Waals surface area contributed by atoms with E-state index in [0.29, 0.717) is 6.54 Å². The molecule has 4 rings (SSSR count). The molecule has 0 amide bonds. The molecule has 1 saturated heterocycles. The van der Waals surface area contributed by atoms with Gasteiger partial charge in [-0.3, -0.25) is 4.79 Å². The highest BCUT2D eigenvalue weighted by atomic mass is 16.7. The van der Waals surface area contributed by atoms with Crippen molar-refractivity contribution < 1.29 is 9.63 Å². The lowest BCUT2D eigenvalue weighted by molar-refractivity contribution is -0.195. The molecule has 1 unspecified atom stereocenters. The van der Waals surface area contributed by atoms with Crippen molar-refractivity contribution in [2.75, 3.05) is 24.5 Å². The van der Waals surface area contributed by atoms with Crippen molar-refractivity contribution in [3.8, 4) is 0 Å². The van der Waals surface area contributed by atoms with Crippen LogP contribution in [-0.2, 0) is 21.6 Å². The first-order valence-corrected chi connectivity index (χ1v) is 9.01. The smallest absolute Gasteiger partial charge is 0.322 e. The van der Waals surface area contributed by atoms with Gasteiger partial charge in [-0.05, 0) is 35.6 Å². The summed E-state index contributed by atoms with van der Waals surface area (Å²) in [6, 6.07) is 17.4. The van der Waals surface area contributed by atoms with Crippen molar-refractivity contribution in [1.82, 2.24) is 5.06 Å². The Kier molecular flexibility index (Phi) is 4.00. The molecule has 130 valence electrons. The second kappa shape index (κ2) is 6.19. The van der Waals surface area contributed by atoms with Crippen LogP contribution in [0.1, 0.15) is 37.0 Å². The number of fused-ring (bicyclic) bond motifs is 5. The number of piperazine rings is 1. The summed E-state index contributed by atoms with van der Waals surface area (Å²) >= 11 is 0. The van der Waals surface area contributed by atoms with E-state index in [1.165, 1.54) is 29.3 Å². The van der Waals surface area contributed by atoms with Crippen molar-refractivity contribution in [1.29, 1.82) is 0 Å². The maximum absolute atomic E-state index is 11.5. The molecule has 0 aromatic heterocycles. The molecule has 4 nitrogen and oxygen atoms in total. The largest absolute Gasteiger partial charge is 0.368 e. The molecule has 2 heterocycles. The van der Waals surface area contributed by atoms with Crippen LogP contribution in [0.3, 0.4) is 0 Å². The predicted molar refractivity (Wildman–Crippen MR) is 98.3 cm³/mol. The van der Waals surface area contributed by atoms with Crippen LogP contribution in [0.25, 0.3) is 0 Å². The number of carbonyl (C=O) groups excluding carboxylic acids is 1. The number of benzene rings is 2. The second-order valence-corrected chi connectivity index (χ2v) is 6.95. The average Bonchev–Trinajstić information content (AvgIpc) is 2.74. The van der Waals surface area contributed by atoms with Gasteiger partial charge in [-0.2, -0.15) is 0 Å². The van der Waals surface area contributed by atoms with E-state index >= 15 is 0 Å². The van der Waals surface area contributed by atoms with Crippen molar-refractivity contribution >= 4 is 11.7 Å². The number of rotatable bonds is 2. The predicted octanol–water partition coefficient (Wildman–Crippen LogP) is 3.50. The molecule has 1 fully saturated rings. The first-order chi connectivity index (χ1) is 12.1. The summed E-state index contributed by atoms with van der Waals surface area (Å²) < 4.78 is 0. The molecular formula is C21H24N2O2. The van der Waals surface area contributed by atoms with Gasteiger partial charge in [-0.25, -0.2) is 0 Å². The van der Waals surface area contributed by atoms with Gasteiger partial charge in [0.2, 0.25) is 0 Å². The molecule has 0 aliphatic carbocycles. The maximum Gasteiger partial charge on any atom is 0.322 e. The molecule has 2 aliphatic rings. The molecule has 0 bridgehead atoms. The fraction of sp³-hybridized carbons (Fsp3) is 0.381. The Bertz CT molecular complexity index is 804. The summed E-state index contributed by atoms with van der Waals surface area (Å²) in [6.07, 6.45) is 1.90. The van der Waals surface area contributed by atoms with Crippen LogP contribution in [0.4, 0.5) is 5.69 Å². The molecule has 0 N–H and O–H groups in total. The zero-order valence-corrected chi connectivity index (χ0v) is 14.9. The number of hydrogen-bond donors (Lipinski definition) is 0. The molecule has 2 aromatic rings. The van der Waals surface area contributed by atoms with Gasteiger partial charge in [0.1, 0.15) is 0 Å². The standard InChI is InChI=1S/C21H24N2O2/c1-3-21-15-22(25-16(2)24)12-13-23(21)20-11-7-5-9-18(20)14-17-8-4-6-10-19(17)21/h4-11H,3,12-15H2,1-2H3. The number of nitrogens with zero attached hydrogens (tertiary/aromatic N) is 2. The molecule has 4 heteroatoms. The van der Waals surface area contributed by atoms with Gasteiger partial charge in [0, 0.05) is 19.2 Å². The highest BCUT2D eigenvalue weighted by Gasteiger charge is 2.46. The maximum atomic E-state index is 11.5. The first-order valence-electron chi connectivity index (χ1n) is 9.01. The van der Waals surface area contributed by atoms with E-state index in [1.54, 1.807) is 0 Å². The summed E-state index contributed by atoms with van der Waals surface area (Å²) in [5.74, 6) is -0.248. The van der Waals surface area contributed by atoms with Gasteiger partial charge in [0.05, 0.1) is 18.6 Å². The van der Waals surface area contributed by atoms with Crippen LogP contribution >= 0.6 is 0 Å². The van der Waals surface area contributed by atoms with E-state index in [0.717, 1.165) is 25.9 Å². The zero-order chi connectivity index (χ0) is 17.4. The van der Waals surface area contributed by atoms with E-state index < -0.39 is 0 Å². The summed E-state index contributed by atoms with van der Waals surface area (Å²) in [4.78, 5) is 19.5. The summed E-state index contributed by atoms with van der Waals surface area (Å²) in [5.41, 5.74) is 5.21. The third-order valence-electron chi connectivity index (χ3n) is 5.55. The van der Waals surface area contributed by atoms with Gasteiger partial charge in [0.15, 0.2) is 0 Å². The fourth-order valence-electron chi connectivity index (χ4n) is 4.47. The lowest BCUT2D eigenvalue weighted by Crippen LogP contribution is -2.60. The summed E-state index contributed by atoms with van der Waals surface area (Å²) in [5, 5.41) is 1.84. The topological polar surface area (TPSA) is 32.8 Å². The SMILES string of the molecule is CCC12CN(OC(C)=O)CCN1c1ccccc1Cc1ccccc12. The van der Waals surface area contributed by atoms with Crippen molar-refractivity contribution in [3.63, 3.8) is 0 Å². The quantitative estimate of drug-likeness (QED) is 0.840. The Hall–Kier alpha value is -2.33. The van der Waals surface area contributed by atoms with E-state index in [2.05, 4.69) is 60.4 Å². The van der Waals surface area contributed by atoms with Crippen LogP contribution in [0.15, 0.2) is 48.5 Å². The summed E-state index contributed by atoms with van der Waals surface area (Å²) in [7, 11) is 0. The van der Waals surface area contributed by atoms with Crippen molar-refractivity contribution in [3.05, 3.63) is 65.2 Å². The Balaban J connectivity index is 1.88. The molecule has 25 heavy (non-hydrogen) atoms. The Morgan fingerprint density at radius 2 is 1.80 bits per heavy atom. The minimum atomic E-state index is -0.248. The molecule has 0 radical (unpaired) electrons. The number of hydroxylamine groups is 2. The third-order valence-corrected chi connectivity index (χ3v) is 5.55. The molecule has 0 saturated carbocycles. The molecule has 1 atom stereocenters. The second-order valence-electron chi connectivity index (χ2n) is 6.95. The molecule has 2 aromatic carbocycles. The van der Waals surface area contributed by atoms with Crippen molar-refractivity contribution in [2.45, 2.75) is 32.2 Å². The van der Waals surface area contributed by atoms with Gasteiger partial charge < -0.3 is 9.74 Å². The normalized spacial score (nSPS) is 22.4. The Morgan fingerprint density at radius 1 is 1.08 bits per heavy atom. The van der Waals surface area contributed by atoms with Crippen LogP contribution in [0.5, 0.6) is 0 Å². The molecule has 0 spiro atoms. The highest BCUT2D eigenvalue weighted by molar-refractivity contribution is 5.66. The van der Waals surface area contributed by atoms with E-state index in [9.17, 15) is 4.79 Å². The number of carbonyl (C=O) groups is 1. The lowest BCUT2D eigenvalue weighted by Gasteiger charge is -2.51. The minimum Gasteiger partial charge on any atom is -0.368 e. The van der Waals surface area contributed by atoms with Crippen LogP contribution in [0, 0.1) is 0 Å². The van der Waals surface area contributed by atoms with Gasteiger partial charge >= 0.3 is 5.97 Å². The Morgan fingerprint density at radius 3 is 2.56 bits per heavy atom. The van der Waals surface area contributed by atoms with E-state index in [1.807, 2.05) is 5.06 Å². The number of anilines is 1. The van der Waals surface area contributed by atoms with Gasteiger partial charge in [-0.15, -0.1) is 5.06 Å². The molecule has 2 aliphatic heterocycles. The van der Waals surface area contributed by atoms with E-state index in [4.69, 9.17) is 4.84 Å². The van der Waals surface area contributed by atoms with Crippen LogP contribution in [0.2, 0.25) is 0 Å². The van der Waals surface area contributed by atoms with Crippen LogP contribution < -0.4 is 4.90 Å². The Labute approximate surface area is 149 Å². The van der Waals surface area contributed by atoms with Gasteiger partial charge in [0.25, 0.3) is 0 Å². The number of para-hydroxylation sites is 1.